The molecule has 4 N–H and O–H groups in total. The molecule has 14 heteroatoms. The van der Waals surface area contributed by atoms with E-state index in [1.54, 1.807) is 30.3 Å². The van der Waals surface area contributed by atoms with Gasteiger partial charge in [-0.25, -0.2) is 13.2 Å². The van der Waals surface area contributed by atoms with E-state index in [1.807, 2.05) is 0 Å². The maximum absolute atomic E-state index is 12.5. The van der Waals surface area contributed by atoms with Gasteiger partial charge in [0.15, 0.2) is 0 Å². The van der Waals surface area contributed by atoms with Crippen molar-refractivity contribution in [1.82, 2.24) is 5.32 Å². The molecule has 0 saturated heterocycles. The number of ether oxygens (including phenoxy) is 1. The van der Waals surface area contributed by atoms with E-state index in [1.165, 1.54) is 12.1 Å². The number of carbonyl (C=O) groups is 1. The smallest absolute Gasteiger partial charge is 0.406 e. The molecule has 1 aliphatic carbocycles. The van der Waals surface area contributed by atoms with Gasteiger partial charge >= 0.3 is 12.4 Å². The molecule has 0 radical (unpaired) electrons. The van der Waals surface area contributed by atoms with Crippen LogP contribution in [0.3, 0.4) is 0 Å². The topological polar surface area (TPSA) is 143 Å². The number of nitrogens with one attached hydrogen (secondary N) is 4. The van der Waals surface area contributed by atoms with Gasteiger partial charge in [0.1, 0.15) is 17.1 Å². The fraction of sp³-hybridized carbons (Fsp3) is 0.320. The molecule has 3 aromatic carbocycles. The van der Waals surface area contributed by atoms with Crippen LogP contribution in [0.15, 0.2) is 64.2 Å². The van der Waals surface area contributed by atoms with Gasteiger partial charge in [-0.15, -0.1) is 13.2 Å². The Morgan fingerprint density at radius 2 is 1.46 bits per heavy atom. The summed E-state index contributed by atoms with van der Waals surface area (Å²) < 4.78 is 67.8. The Balaban J connectivity index is 1.25. The van der Waals surface area contributed by atoms with E-state index in [4.69, 9.17) is 0 Å². The molecular weight excluding hydrogens is 541 g/mol. The molecule has 0 atom stereocenters. The zero-order valence-corrected chi connectivity index (χ0v) is 21.2. The lowest BCUT2D eigenvalue weighted by Gasteiger charge is -2.31. The van der Waals surface area contributed by atoms with E-state index < -0.39 is 39.0 Å². The van der Waals surface area contributed by atoms with Crippen LogP contribution in [-0.4, -0.2) is 32.9 Å². The quantitative estimate of drug-likeness (QED) is 0.290. The van der Waals surface area contributed by atoms with Crippen LogP contribution in [0.2, 0.25) is 0 Å². The zero-order chi connectivity index (χ0) is 28.2. The van der Waals surface area contributed by atoms with E-state index in [-0.39, 0.29) is 34.9 Å². The Hall–Kier alpha value is -4.07. The van der Waals surface area contributed by atoms with Crippen molar-refractivity contribution in [2.45, 2.75) is 49.9 Å². The molecule has 4 rings (SSSR count). The lowest BCUT2D eigenvalue weighted by Crippen LogP contribution is -2.44. The second-order valence-electron chi connectivity index (χ2n) is 9.12. The maximum atomic E-state index is 12.5. The molecular formula is C25H25F3N4O6S. The van der Waals surface area contributed by atoms with Crippen molar-refractivity contribution in [1.29, 1.82) is 0 Å². The SMILES string of the molecule is O=C(Nc1ccc(OC(F)(F)F)cc1)NC1CCC(Nc2c(NS(=O)(=O)Cc3ccccc3)c(=O)c2=O)CC1. The van der Waals surface area contributed by atoms with Gasteiger partial charge < -0.3 is 20.7 Å². The molecule has 0 aromatic heterocycles. The first-order chi connectivity index (χ1) is 18.4. The lowest BCUT2D eigenvalue weighted by atomic mass is 9.91. The summed E-state index contributed by atoms with van der Waals surface area (Å²) in [5.41, 5.74) is -1.23. The van der Waals surface area contributed by atoms with Crippen LogP contribution in [-0.2, 0) is 15.8 Å². The molecule has 1 fully saturated rings. The Labute approximate surface area is 221 Å². The second-order valence-corrected chi connectivity index (χ2v) is 10.8. The molecule has 0 aliphatic heterocycles. The normalized spacial score (nSPS) is 17.8. The average molecular weight is 567 g/mol. The van der Waals surface area contributed by atoms with Crippen molar-refractivity contribution in [2.75, 3.05) is 15.4 Å². The van der Waals surface area contributed by atoms with Crippen molar-refractivity contribution in [3.8, 4) is 5.75 Å². The summed E-state index contributed by atoms with van der Waals surface area (Å²) in [5, 5.41) is 8.30. The highest BCUT2D eigenvalue weighted by Crippen LogP contribution is 2.26. The molecule has 1 aliphatic rings. The largest absolute Gasteiger partial charge is 0.573 e. The number of hydrogen-bond donors (Lipinski definition) is 4. The van der Waals surface area contributed by atoms with E-state index in [0.717, 1.165) is 12.1 Å². The predicted molar refractivity (Wildman–Crippen MR) is 139 cm³/mol. The number of urea groups is 1. The third kappa shape index (κ3) is 7.72. The number of benzene rings is 2. The Bertz CT molecular complexity index is 1480. The average Bonchev–Trinajstić information content (AvgIpc) is 2.87. The minimum atomic E-state index is -4.81. The third-order valence-corrected chi connectivity index (χ3v) is 7.35. The van der Waals surface area contributed by atoms with E-state index >= 15 is 0 Å². The molecule has 39 heavy (non-hydrogen) atoms. The van der Waals surface area contributed by atoms with Crippen molar-refractivity contribution >= 4 is 33.1 Å². The number of carbonyl (C=O) groups excluding carboxylic acids is 1. The molecule has 2 amide bonds. The summed E-state index contributed by atoms with van der Waals surface area (Å²) in [7, 11) is -3.92. The van der Waals surface area contributed by atoms with Crippen LogP contribution in [0, 0.1) is 0 Å². The molecule has 0 heterocycles. The highest BCUT2D eigenvalue weighted by molar-refractivity contribution is 7.91. The molecule has 0 unspecified atom stereocenters. The van der Waals surface area contributed by atoms with Crippen LogP contribution in [0.4, 0.5) is 35.0 Å². The van der Waals surface area contributed by atoms with Crippen molar-refractivity contribution < 1.29 is 31.1 Å². The number of rotatable bonds is 9. The molecule has 10 nitrogen and oxygen atoms in total. The van der Waals surface area contributed by atoms with Crippen LogP contribution in [0.5, 0.6) is 5.75 Å². The molecule has 208 valence electrons. The van der Waals surface area contributed by atoms with E-state index in [2.05, 4.69) is 25.4 Å². The van der Waals surface area contributed by atoms with Crippen molar-refractivity contribution in [2.24, 2.45) is 0 Å². The van der Waals surface area contributed by atoms with E-state index in [9.17, 15) is 36.0 Å². The van der Waals surface area contributed by atoms with Crippen LogP contribution in [0.25, 0.3) is 0 Å². The monoisotopic (exact) mass is 566 g/mol. The predicted octanol–water partition coefficient (Wildman–Crippen LogP) is 3.67. The lowest BCUT2D eigenvalue weighted by molar-refractivity contribution is -0.274. The molecule has 0 bridgehead atoms. The van der Waals surface area contributed by atoms with Crippen molar-refractivity contribution in [3.05, 3.63) is 80.6 Å². The number of halogens is 3. The Morgan fingerprint density at radius 1 is 0.872 bits per heavy atom. The van der Waals surface area contributed by atoms with Crippen LogP contribution < -0.4 is 36.3 Å². The van der Waals surface area contributed by atoms with Crippen LogP contribution >= 0.6 is 0 Å². The first-order valence-electron chi connectivity index (χ1n) is 12.0. The van der Waals surface area contributed by atoms with Gasteiger partial charge in [0.05, 0.1) is 5.75 Å². The van der Waals surface area contributed by atoms with Crippen molar-refractivity contribution in [3.63, 3.8) is 0 Å². The van der Waals surface area contributed by atoms with Gasteiger partial charge in [-0.2, -0.15) is 0 Å². The number of hydrogen-bond acceptors (Lipinski definition) is 7. The maximum Gasteiger partial charge on any atom is 0.573 e. The van der Waals surface area contributed by atoms with Gasteiger partial charge in [0, 0.05) is 17.8 Å². The summed E-state index contributed by atoms with van der Waals surface area (Å²) in [6.07, 6.45) is -2.68. The minimum absolute atomic E-state index is 0.0660. The zero-order valence-electron chi connectivity index (χ0n) is 20.4. The van der Waals surface area contributed by atoms with E-state index in [0.29, 0.717) is 31.2 Å². The highest BCUT2D eigenvalue weighted by atomic mass is 32.2. The number of amides is 2. The first-order valence-corrected chi connectivity index (χ1v) is 13.6. The number of alkyl halides is 3. The Kier molecular flexibility index (Phi) is 8.14. The summed E-state index contributed by atoms with van der Waals surface area (Å²) >= 11 is 0. The van der Waals surface area contributed by atoms with Gasteiger partial charge in [0.2, 0.25) is 10.0 Å². The molecule has 0 spiro atoms. The number of anilines is 3. The molecule has 3 aromatic rings. The van der Waals surface area contributed by atoms with Gasteiger partial charge in [-0.1, -0.05) is 30.3 Å². The Morgan fingerprint density at radius 3 is 2.08 bits per heavy atom. The summed E-state index contributed by atoms with van der Waals surface area (Å²) in [6.45, 7) is 0. The summed E-state index contributed by atoms with van der Waals surface area (Å²) in [6, 6.07) is 12.2. The highest BCUT2D eigenvalue weighted by Gasteiger charge is 2.31. The fourth-order valence-electron chi connectivity index (χ4n) is 4.29. The first kappa shape index (κ1) is 28.0. The number of sulfonamides is 1. The molecule has 1 saturated carbocycles. The van der Waals surface area contributed by atoms with Gasteiger partial charge in [-0.3, -0.25) is 14.3 Å². The van der Waals surface area contributed by atoms with Gasteiger partial charge in [0.25, 0.3) is 10.9 Å². The minimum Gasteiger partial charge on any atom is -0.406 e. The summed E-state index contributed by atoms with van der Waals surface area (Å²) in [5.74, 6) is -0.760. The standard InChI is InChI=1S/C25H25F3N4O6S/c26-25(27,28)38-19-12-10-18(11-13-19)31-24(35)30-17-8-6-16(7-9-17)29-20-21(23(34)22(20)33)32-39(36,37)14-15-4-2-1-3-5-15/h1-5,10-13,16-17,29,32H,6-9,14H2,(H2,30,31,35). The summed E-state index contributed by atoms with van der Waals surface area (Å²) in [4.78, 5) is 36.5. The fourth-order valence-corrected chi connectivity index (χ4v) is 5.50. The van der Waals surface area contributed by atoms with Gasteiger partial charge in [-0.05, 0) is 55.5 Å². The third-order valence-electron chi connectivity index (χ3n) is 6.12. The second kappa shape index (κ2) is 11.4. The van der Waals surface area contributed by atoms with Crippen LogP contribution in [0.1, 0.15) is 31.2 Å².